The highest BCUT2D eigenvalue weighted by molar-refractivity contribution is 6.44. The number of carbonyl (C=O) groups excluding carboxylic acids is 2. The van der Waals surface area contributed by atoms with E-state index in [1.165, 1.54) is 29.1 Å². The molecular formula is C23H26Cl2F3N7O2. The van der Waals surface area contributed by atoms with Crippen molar-refractivity contribution in [1.82, 2.24) is 30.3 Å². The number of aromatic amines is 1. The number of anilines is 1. The summed E-state index contributed by atoms with van der Waals surface area (Å²) < 4.78 is 43.2. The van der Waals surface area contributed by atoms with Gasteiger partial charge < -0.3 is 10.6 Å². The van der Waals surface area contributed by atoms with Gasteiger partial charge in [-0.25, -0.2) is 4.98 Å². The number of halogens is 5. The predicted molar refractivity (Wildman–Crippen MR) is 133 cm³/mol. The van der Waals surface area contributed by atoms with Crippen LogP contribution in [0.15, 0.2) is 24.4 Å². The van der Waals surface area contributed by atoms with E-state index in [-0.39, 0.29) is 29.1 Å². The maximum atomic E-state index is 13.9. The van der Waals surface area contributed by atoms with E-state index in [0.717, 1.165) is 0 Å². The summed E-state index contributed by atoms with van der Waals surface area (Å²) in [6.07, 6.45) is -2.47. The van der Waals surface area contributed by atoms with Crippen LogP contribution in [0.4, 0.5) is 19.0 Å². The Labute approximate surface area is 221 Å². The van der Waals surface area contributed by atoms with Gasteiger partial charge in [0, 0.05) is 29.6 Å². The number of nitrogens with zero attached hydrogens (tertiary/aromatic N) is 4. The van der Waals surface area contributed by atoms with Crippen LogP contribution < -0.4 is 10.6 Å². The lowest BCUT2D eigenvalue weighted by Gasteiger charge is -2.20. The summed E-state index contributed by atoms with van der Waals surface area (Å²) in [5.74, 6) is -1.61. The first-order chi connectivity index (χ1) is 17.4. The van der Waals surface area contributed by atoms with Crippen LogP contribution in [0.1, 0.15) is 53.8 Å². The minimum absolute atomic E-state index is 0.144. The van der Waals surface area contributed by atoms with Gasteiger partial charge in [0.25, 0.3) is 5.91 Å². The average molecular weight is 560 g/mol. The SMILES string of the molecule is CCn1nccc1C(=O)N[C@@H](CCCC(Cl)Cl)C(=O)Nc1ccc(-c2c(C)n[nH]c2C)c(C(F)(F)F)n1. The van der Waals surface area contributed by atoms with E-state index in [9.17, 15) is 22.8 Å². The highest BCUT2D eigenvalue weighted by Gasteiger charge is 2.37. The lowest BCUT2D eigenvalue weighted by molar-refractivity contribution is -0.140. The van der Waals surface area contributed by atoms with Gasteiger partial charge in [-0.3, -0.25) is 19.4 Å². The number of alkyl halides is 5. The quantitative estimate of drug-likeness (QED) is 0.301. The Morgan fingerprint density at radius 3 is 2.49 bits per heavy atom. The number of hydrogen-bond donors (Lipinski definition) is 3. The fourth-order valence-corrected chi connectivity index (χ4v) is 4.17. The van der Waals surface area contributed by atoms with Crippen LogP contribution in [0.5, 0.6) is 0 Å². The molecule has 200 valence electrons. The number of aromatic nitrogens is 5. The first kappa shape index (κ1) is 28.5. The molecule has 2 amide bonds. The molecule has 0 aliphatic rings. The third-order valence-corrected chi connectivity index (χ3v) is 6.03. The van der Waals surface area contributed by atoms with Crippen molar-refractivity contribution in [3.05, 3.63) is 47.2 Å². The van der Waals surface area contributed by atoms with Gasteiger partial charge in [-0.05, 0) is 58.2 Å². The molecule has 0 saturated carbocycles. The topological polar surface area (TPSA) is 118 Å². The molecule has 0 radical (unpaired) electrons. The van der Waals surface area contributed by atoms with E-state index >= 15 is 0 Å². The molecule has 0 aromatic carbocycles. The second-order valence-corrected chi connectivity index (χ2v) is 9.55. The maximum Gasteiger partial charge on any atom is 0.434 e. The van der Waals surface area contributed by atoms with E-state index in [1.807, 2.05) is 0 Å². The molecule has 0 saturated heterocycles. The van der Waals surface area contributed by atoms with E-state index in [4.69, 9.17) is 23.2 Å². The van der Waals surface area contributed by atoms with E-state index in [2.05, 4.69) is 30.9 Å². The van der Waals surface area contributed by atoms with Gasteiger partial charge in [0.1, 0.15) is 22.4 Å². The van der Waals surface area contributed by atoms with Crippen molar-refractivity contribution in [3.63, 3.8) is 0 Å². The standard InChI is InChI=1S/C23H26Cl2F3N7O2/c1-4-35-16(10-11-29-35)22(37)30-15(6-5-7-17(24)25)21(36)32-18-9-8-14(20(31-18)23(26,27)28)19-12(2)33-34-13(19)3/h8-11,15,17H,4-7H2,1-3H3,(H,30,37)(H,33,34)(H,31,32,36)/t15-/m0/s1. The number of H-pyrrole nitrogens is 1. The molecule has 1 atom stereocenters. The second kappa shape index (κ2) is 12.0. The zero-order valence-electron chi connectivity index (χ0n) is 20.3. The fraction of sp³-hybridized carbons (Fsp3) is 0.435. The van der Waals surface area contributed by atoms with Crippen LogP contribution in [-0.2, 0) is 17.5 Å². The summed E-state index contributed by atoms with van der Waals surface area (Å²) in [6.45, 7) is 5.42. The third-order valence-electron chi connectivity index (χ3n) is 5.60. The smallest absolute Gasteiger partial charge is 0.339 e. The molecule has 37 heavy (non-hydrogen) atoms. The molecule has 3 aromatic rings. The summed E-state index contributed by atoms with van der Waals surface area (Å²) in [6, 6.07) is 2.91. The fourth-order valence-electron chi connectivity index (χ4n) is 3.86. The van der Waals surface area contributed by atoms with Gasteiger partial charge in [0.2, 0.25) is 5.91 Å². The second-order valence-electron chi connectivity index (χ2n) is 8.27. The summed E-state index contributed by atoms with van der Waals surface area (Å²) in [5.41, 5.74) is 0.0208. The lowest BCUT2D eigenvalue weighted by atomic mass is 10.0. The molecule has 3 N–H and O–H groups in total. The van der Waals surface area contributed by atoms with Crippen molar-refractivity contribution >= 4 is 40.8 Å². The first-order valence-electron chi connectivity index (χ1n) is 11.4. The molecule has 0 aliphatic carbocycles. The van der Waals surface area contributed by atoms with Crippen molar-refractivity contribution in [1.29, 1.82) is 0 Å². The van der Waals surface area contributed by atoms with Crippen LogP contribution in [0, 0.1) is 13.8 Å². The molecule has 0 aliphatic heterocycles. The van der Waals surface area contributed by atoms with Crippen LogP contribution in [-0.4, -0.2) is 47.7 Å². The molecule has 3 rings (SSSR count). The first-order valence-corrected chi connectivity index (χ1v) is 12.3. The van der Waals surface area contributed by atoms with Crippen molar-refractivity contribution in [2.45, 2.75) is 63.6 Å². The lowest BCUT2D eigenvalue weighted by Crippen LogP contribution is -2.44. The highest BCUT2D eigenvalue weighted by Crippen LogP contribution is 2.38. The minimum atomic E-state index is -4.80. The Morgan fingerprint density at radius 1 is 1.16 bits per heavy atom. The third kappa shape index (κ3) is 7.01. The van der Waals surface area contributed by atoms with Gasteiger partial charge in [0.05, 0.1) is 5.69 Å². The van der Waals surface area contributed by atoms with Gasteiger partial charge in [-0.15, -0.1) is 23.2 Å². The number of hydrogen-bond acceptors (Lipinski definition) is 5. The number of aryl methyl sites for hydroxylation is 3. The largest absolute Gasteiger partial charge is 0.434 e. The Kier molecular flexibility index (Phi) is 9.19. The summed E-state index contributed by atoms with van der Waals surface area (Å²) >= 11 is 11.6. The number of carbonyl (C=O) groups is 2. The monoisotopic (exact) mass is 559 g/mol. The van der Waals surface area contributed by atoms with Crippen LogP contribution >= 0.6 is 23.2 Å². The Bertz CT molecular complexity index is 1240. The average Bonchev–Trinajstić information content (AvgIpc) is 3.43. The molecular weight excluding hydrogens is 534 g/mol. The summed E-state index contributed by atoms with van der Waals surface area (Å²) in [5, 5.41) is 15.7. The van der Waals surface area contributed by atoms with Gasteiger partial charge in [-0.1, -0.05) is 0 Å². The predicted octanol–water partition coefficient (Wildman–Crippen LogP) is 5.03. The highest BCUT2D eigenvalue weighted by atomic mass is 35.5. The number of rotatable bonds is 10. The van der Waals surface area contributed by atoms with Crippen LogP contribution in [0.2, 0.25) is 0 Å². The van der Waals surface area contributed by atoms with Gasteiger partial charge in [-0.2, -0.15) is 23.4 Å². The zero-order valence-corrected chi connectivity index (χ0v) is 21.8. The molecule has 14 heteroatoms. The van der Waals surface area contributed by atoms with Crippen molar-refractivity contribution in [3.8, 4) is 11.1 Å². The van der Waals surface area contributed by atoms with E-state index in [0.29, 0.717) is 30.8 Å². The number of pyridine rings is 1. The number of amides is 2. The number of nitrogens with one attached hydrogen (secondary N) is 3. The normalized spacial score (nSPS) is 12.6. The van der Waals surface area contributed by atoms with Gasteiger partial charge in [0.15, 0.2) is 5.69 Å². The Balaban J connectivity index is 1.87. The molecule has 3 aromatic heterocycles. The van der Waals surface area contributed by atoms with E-state index in [1.54, 1.807) is 20.8 Å². The van der Waals surface area contributed by atoms with E-state index < -0.39 is 34.6 Å². The van der Waals surface area contributed by atoms with Crippen molar-refractivity contribution in [2.75, 3.05) is 5.32 Å². The summed E-state index contributed by atoms with van der Waals surface area (Å²) in [4.78, 5) is 28.9. The molecule has 0 spiro atoms. The molecule has 0 bridgehead atoms. The maximum absolute atomic E-state index is 13.9. The molecule has 3 heterocycles. The molecule has 0 fully saturated rings. The van der Waals surface area contributed by atoms with Crippen LogP contribution in [0.25, 0.3) is 11.1 Å². The molecule has 0 unspecified atom stereocenters. The zero-order chi connectivity index (χ0) is 27.3. The molecule has 9 nitrogen and oxygen atoms in total. The van der Waals surface area contributed by atoms with Crippen LogP contribution in [0.3, 0.4) is 0 Å². The van der Waals surface area contributed by atoms with Crippen molar-refractivity contribution < 1.29 is 22.8 Å². The van der Waals surface area contributed by atoms with Gasteiger partial charge >= 0.3 is 6.18 Å². The minimum Gasteiger partial charge on any atom is -0.339 e. The Morgan fingerprint density at radius 2 is 1.89 bits per heavy atom. The summed E-state index contributed by atoms with van der Waals surface area (Å²) in [7, 11) is 0. The van der Waals surface area contributed by atoms with Crippen molar-refractivity contribution in [2.24, 2.45) is 0 Å². The Hall–Kier alpha value is -3.12.